The lowest BCUT2D eigenvalue weighted by Crippen LogP contribution is -2.34. The first kappa shape index (κ1) is 14.3. The standard InChI is InChI=1S/C9H10ClN3O5/c10-8-7(13(17)18)6(1-2-11-8)9(16)12-3-5(15)4-14/h1-2,5,14-15H,3-4H2,(H,12,16). The highest BCUT2D eigenvalue weighted by atomic mass is 35.5. The summed E-state index contributed by atoms with van der Waals surface area (Å²) in [6, 6.07) is 1.14. The quantitative estimate of drug-likeness (QED) is 0.386. The van der Waals surface area contributed by atoms with E-state index < -0.39 is 34.4 Å². The van der Waals surface area contributed by atoms with Gasteiger partial charge in [0.1, 0.15) is 5.56 Å². The smallest absolute Gasteiger partial charge is 0.319 e. The Balaban J connectivity index is 2.92. The number of nitro groups is 1. The number of amides is 1. The molecule has 0 saturated carbocycles. The summed E-state index contributed by atoms with van der Waals surface area (Å²) in [5.41, 5.74) is -0.861. The van der Waals surface area contributed by atoms with Crippen molar-refractivity contribution in [1.29, 1.82) is 0 Å². The number of aliphatic hydroxyl groups excluding tert-OH is 2. The number of carbonyl (C=O) groups excluding carboxylic acids is 1. The molecule has 0 bridgehead atoms. The predicted molar refractivity (Wildman–Crippen MR) is 61.3 cm³/mol. The number of hydrogen-bond acceptors (Lipinski definition) is 6. The Morgan fingerprint density at radius 1 is 1.67 bits per heavy atom. The maximum atomic E-state index is 11.6. The van der Waals surface area contributed by atoms with E-state index in [9.17, 15) is 14.9 Å². The zero-order chi connectivity index (χ0) is 13.7. The Kier molecular flexibility index (Phi) is 4.95. The van der Waals surface area contributed by atoms with Crippen LogP contribution in [0.25, 0.3) is 0 Å². The Morgan fingerprint density at radius 2 is 2.33 bits per heavy atom. The molecule has 1 aromatic heterocycles. The lowest BCUT2D eigenvalue weighted by atomic mass is 10.2. The summed E-state index contributed by atoms with van der Waals surface area (Å²) in [6.07, 6.45) is 0.0255. The molecule has 0 saturated heterocycles. The van der Waals surface area contributed by atoms with Gasteiger partial charge in [-0.15, -0.1) is 0 Å². The molecule has 0 spiro atoms. The Hall–Kier alpha value is -1.77. The Morgan fingerprint density at radius 3 is 2.89 bits per heavy atom. The van der Waals surface area contributed by atoms with Gasteiger partial charge in [0.25, 0.3) is 5.91 Å². The van der Waals surface area contributed by atoms with Crippen LogP contribution in [0.2, 0.25) is 5.15 Å². The minimum absolute atomic E-state index is 0.230. The Bertz CT molecular complexity index is 468. The van der Waals surface area contributed by atoms with Crippen LogP contribution in [0.4, 0.5) is 5.69 Å². The summed E-state index contributed by atoms with van der Waals surface area (Å²) >= 11 is 5.54. The number of hydrogen-bond donors (Lipinski definition) is 3. The van der Waals surface area contributed by atoms with E-state index in [1.165, 1.54) is 0 Å². The minimum atomic E-state index is -1.13. The van der Waals surface area contributed by atoms with Gasteiger partial charge in [-0.3, -0.25) is 14.9 Å². The second-order valence-corrected chi connectivity index (χ2v) is 3.66. The number of nitrogens with one attached hydrogen (secondary N) is 1. The number of pyridine rings is 1. The fraction of sp³-hybridized carbons (Fsp3) is 0.333. The normalized spacial score (nSPS) is 11.9. The summed E-state index contributed by atoms with van der Waals surface area (Å²) in [5, 5.41) is 30.2. The van der Waals surface area contributed by atoms with Gasteiger partial charge in [-0.1, -0.05) is 11.6 Å². The van der Waals surface area contributed by atoms with Gasteiger partial charge in [0.15, 0.2) is 0 Å². The van der Waals surface area contributed by atoms with Crippen molar-refractivity contribution in [3.05, 3.63) is 33.1 Å². The van der Waals surface area contributed by atoms with Gasteiger partial charge in [0.05, 0.1) is 17.6 Å². The molecule has 0 aromatic carbocycles. The van der Waals surface area contributed by atoms with Gasteiger partial charge in [0, 0.05) is 12.7 Å². The van der Waals surface area contributed by atoms with Crippen LogP contribution in [-0.4, -0.2) is 45.3 Å². The van der Waals surface area contributed by atoms with Crippen molar-refractivity contribution in [2.45, 2.75) is 6.10 Å². The molecule has 0 fully saturated rings. The van der Waals surface area contributed by atoms with Crippen LogP contribution in [0.15, 0.2) is 12.3 Å². The molecular weight excluding hydrogens is 266 g/mol. The molecule has 1 unspecified atom stereocenters. The van der Waals surface area contributed by atoms with E-state index in [-0.39, 0.29) is 12.1 Å². The summed E-state index contributed by atoms with van der Waals surface area (Å²) in [5.74, 6) is -0.779. The molecular formula is C9H10ClN3O5. The molecule has 1 amide bonds. The Labute approximate surface area is 106 Å². The van der Waals surface area contributed by atoms with Gasteiger partial charge < -0.3 is 15.5 Å². The number of nitrogens with zero attached hydrogens (tertiary/aromatic N) is 2. The number of carbonyl (C=O) groups is 1. The first-order chi connectivity index (χ1) is 8.47. The van der Waals surface area contributed by atoms with Gasteiger partial charge >= 0.3 is 5.69 Å². The average Bonchev–Trinajstić information content (AvgIpc) is 2.34. The molecule has 0 aliphatic rings. The van der Waals surface area contributed by atoms with Crippen LogP contribution in [0.5, 0.6) is 0 Å². The fourth-order valence-electron chi connectivity index (χ4n) is 1.16. The van der Waals surface area contributed by atoms with Crippen molar-refractivity contribution >= 4 is 23.2 Å². The number of aliphatic hydroxyl groups is 2. The molecule has 0 radical (unpaired) electrons. The van der Waals surface area contributed by atoms with Gasteiger partial charge in [0.2, 0.25) is 5.15 Å². The van der Waals surface area contributed by atoms with Crippen LogP contribution >= 0.6 is 11.6 Å². The third kappa shape index (κ3) is 3.36. The first-order valence-corrected chi connectivity index (χ1v) is 5.21. The van der Waals surface area contributed by atoms with E-state index in [0.717, 1.165) is 12.3 Å². The van der Waals surface area contributed by atoms with Crippen molar-refractivity contribution < 1.29 is 19.9 Å². The van der Waals surface area contributed by atoms with Crippen molar-refractivity contribution in [2.24, 2.45) is 0 Å². The van der Waals surface area contributed by atoms with Crippen molar-refractivity contribution in [2.75, 3.05) is 13.2 Å². The summed E-state index contributed by atoms with van der Waals surface area (Å²) in [4.78, 5) is 25.1. The number of aromatic nitrogens is 1. The van der Waals surface area contributed by atoms with Crippen molar-refractivity contribution in [1.82, 2.24) is 10.3 Å². The molecule has 98 valence electrons. The molecule has 0 aliphatic carbocycles. The monoisotopic (exact) mass is 275 g/mol. The highest BCUT2D eigenvalue weighted by molar-refractivity contribution is 6.32. The van der Waals surface area contributed by atoms with E-state index in [0.29, 0.717) is 0 Å². The lowest BCUT2D eigenvalue weighted by molar-refractivity contribution is -0.385. The van der Waals surface area contributed by atoms with Crippen molar-refractivity contribution in [3.63, 3.8) is 0 Å². The predicted octanol–water partition coefficient (Wildman–Crippen LogP) is -0.274. The highest BCUT2D eigenvalue weighted by Gasteiger charge is 2.24. The zero-order valence-corrected chi connectivity index (χ0v) is 9.79. The second kappa shape index (κ2) is 6.24. The largest absolute Gasteiger partial charge is 0.394 e. The second-order valence-electron chi connectivity index (χ2n) is 3.30. The first-order valence-electron chi connectivity index (χ1n) is 4.83. The van der Waals surface area contributed by atoms with Gasteiger partial charge in [-0.25, -0.2) is 4.98 Å². The maximum absolute atomic E-state index is 11.6. The van der Waals surface area contributed by atoms with E-state index in [4.69, 9.17) is 21.8 Å². The lowest BCUT2D eigenvalue weighted by Gasteiger charge is -2.09. The summed E-state index contributed by atoms with van der Waals surface area (Å²) < 4.78 is 0. The van der Waals surface area contributed by atoms with E-state index in [1.807, 2.05) is 0 Å². The van der Waals surface area contributed by atoms with Gasteiger partial charge in [-0.2, -0.15) is 0 Å². The number of halogens is 1. The molecule has 1 aromatic rings. The minimum Gasteiger partial charge on any atom is -0.394 e. The topological polar surface area (TPSA) is 126 Å². The molecule has 3 N–H and O–H groups in total. The van der Waals surface area contributed by atoms with E-state index in [2.05, 4.69) is 10.3 Å². The zero-order valence-electron chi connectivity index (χ0n) is 9.04. The maximum Gasteiger partial charge on any atom is 0.319 e. The molecule has 1 heterocycles. The molecule has 8 nitrogen and oxygen atoms in total. The molecule has 1 atom stereocenters. The SMILES string of the molecule is O=C(NCC(O)CO)c1ccnc(Cl)c1[N+](=O)[O-]. The third-order valence-electron chi connectivity index (χ3n) is 2.02. The van der Waals surface area contributed by atoms with E-state index >= 15 is 0 Å². The van der Waals surface area contributed by atoms with Crippen LogP contribution in [0.3, 0.4) is 0 Å². The molecule has 9 heteroatoms. The van der Waals surface area contributed by atoms with E-state index in [1.54, 1.807) is 0 Å². The third-order valence-corrected chi connectivity index (χ3v) is 2.29. The molecule has 18 heavy (non-hydrogen) atoms. The van der Waals surface area contributed by atoms with Crippen LogP contribution in [0.1, 0.15) is 10.4 Å². The summed E-state index contributed by atoms with van der Waals surface area (Å²) in [7, 11) is 0. The van der Waals surface area contributed by atoms with Crippen LogP contribution in [-0.2, 0) is 0 Å². The molecule has 0 aliphatic heterocycles. The highest BCUT2D eigenvalue weighted by Crippen LogP contribution is 2.25. The summed E-state index contributed by atoms with van der Waals surface area (Å²) in [6.45, 7) is -0.758. The number of rotatable bonds is 5. The van der Waals surface area contributed by atoms with Gasteiger partial charge in [-0.05, 0) is 6.07 Å². The van der Waals surface area contributed by atoms with Crippen LogP contribution in [0, 0.1) is 10.1 Å². The van der Waals surface area contributed by atoms with Crippen molar-refractivity contribution in [3.8, 4) is 0 Å². The van der Waals surface area contributed by atoms with Crippen LogP contribution < -0.4 is 5.32 Å². The average molecular weight is 276 g/mol. The molecule has 1 rings (SSSR count). The fourth-order valence-corrected chi connectivity index (χ4v) is 1.38.